The third kappa shape index (κ3) is 2.56. The predicted molar refractivity (Wildman–Crippen MR) is 111 cm³/mol. The van der Waals surface area contributed by atoms with Crippen LogP contribution >= 0.6 is 0 Å². The number of hydrogen-bond acceptors (Lipinski definition) is 3. The van der Waals surface area contributed by atoms with Crippen molar-refractivity contribution in [2.75, 3.05) is 0 Å². The summed E-state index contributed by atoms with van der Waals surface area (Å²) in [6.07, 6.45) is 0. The molecule has 3 aromatic rings. The van der Waals surface area contributed by atoms with Crippen LogP contribution in [0.25, 0.3) is 0 Å². The Kier molecular flexibility index (Phi) is 4.42. The van der Waals surface area contributed by atoms with Gasteiger partial charge in [0.25, 0.3) is 5.91 Å². The van der Waals surface area contributed by atoms with Crippen LogP contribution in [0.3, 0.4) is 0 Å². The van der Waals surface area contributed by atoms with Crippen molar-refractivity contribution in [1.82, 2.24) is 4.90 Å². The predicted octanol–water partition coefficient (Wildman–Crippen LogP) is 4.27. The highest BCUT2D eigenvalue weighted by Crippen LogP contribution is 2.61. The molecule has 0 aromatic heterocycles. The van der Waals surface area contributed by atoms with Gasteiger partial charge in [0, 0.05) is 11.1 Å². The van der Waals surface area contributed by atoms with Crippen molar-refractivity contribution in [3.8, 4) is 0 Å². The number of carbonyl (C=O) groups is 3. The molecule has 0 spiro atoms. The molecular weight excluding hydrogens is 362 g/mol. The van der Waals surface area contributed by atoms with Gasteiger partial charge < -0.3 is 4.90 Å². The van der Waals surface area contributed by atoms with Gasteiger partial charge in [-0.25, -0.2) is 0 Å². The molecule has 0 unspecified atom stereocenters. The lowest BCUT2D eigenvalue weighted by Gasteiger charge is -2.16. The van der Waals surface area contributed by atoms with E-state index in [2.05, 4.69) is 0 Å². The van der Waals surface area contributed by atoms with Gasteiger partial charge in [0.05, 0.1) is 0 Å². The number of hydrogen-bond donors (Lipinski definition) is 0. The molecule has 0 N–H and O–H groups in total. The standard InChI is InChI=1S/C25H21NO3/c1-18(27)25(21-16-10-5-11-17-21)24(2,22(28)19-12-6-3-7-13-19)26(25)23(29)20-14-8-4-9-15-20/h3-17H,1-2H3/t24-,25-,26?/m1/s1. The number of carbonyl (C=O) groups excluding carboxylic acids is 3. The van der Waals surface area contributed by atoms with Crippen molar-refractivity contribution in [3.05, 3.63) is 108 Å². The van der Waals surface area contributed by atoms with Gasteiger partial charge in [-0.3, -0.25) is 14.4 Å². The Bertz CT molecular complexity index is 1080. The molecular formula is C25H21NO3. The zero-order chi connectivity index (χ0) is 20.6. The Balaban J connectivity index is 1.92. The number of Topliss-reactive ketones (excluding diaryl/α,β-unsaturated/α-hetero) is 2. The summed E-state index contributed by atoms with van der Waals surface area (Å²) < 4.78 is 0. The molecule has 4 rings (SSSR count). The summed E-state index contributed by atoms with van der Waals surface area (Å²) in [5, 5.41) is 0. The summed E-state index contributed by atoms with van der Waals surface area (Å²) in [5.74, 6) is -0.822. The first-order valence-electron chi connectivity index (χ1n) is 9.52. The Morgan fingerprint density at radius 2 is 1.14 bits per heavy atom. The summed E-state index contributed by atoms with van der Waals surface area (Å²) in [6.45, 7) is 3.14. The number of ketones is 2. The second-order valence-electron chi connectivity index (χ2n) is 7.41. The van der Waals surface area contributed by atoms with Gasteiger partial charge in [0.2, 0.25) is 0 Å². The number of amides is 1. The third-order valence-corrected chi connectivity index (χ3v) is 5.84. The van der Waals surface area contributed by atoms with Gasteiger partial charge in [-0.15, -0.1) is 0 Å². The molecule has 29 heavy (non-hydrogen) atoms. The lowest BCUT2D eigenvalue weighted by molar-refractivity contribution is -0.120. The smallest absolute Gasteiger partial charge is 0.255 e. The van der Waals surface area contributed by atoms with E-state index in [1.165, 1.54) is 11.8 Å². The fourth-order valence-electron chi connectivity index (χ4n) is 4.47. The topological polar surface area (TPSA) is 54.2 Å². The van der Waals surface area contributed by atoms with E-state index in [-0.39, 0.29) is 17.5 Å². The summed E-state index contributed by atoms with van der Waals surface area (Å²) in [5.41, 5.74) is -1.09. The van der Waals surface area contributed by atoms with E-state index in [9.17, 15) is 14.4 Å². The van der Waals surface area contributed by atoms with Crippen molar-refractivity contribution in [2.45, 2.75) is 24.9 Å². The minimum atomic E-state index is -1.34. The van der Waals surface area contributed by atoms with Gasteiger partial charge >= 0.3 is 0 Å². The molecule has 1 aliphatic heterocycles. The van der Waals surface area contributed by atoms with Crippen molar-refractivity contribution < 1.29 is 14.4 Å². The highest BCUT2D eigenvalue weighted by molar-refractivity contribution is 6.19. The van der Waals surface area contributed by atoms with Gasteiger partial charge in [-0.2, -0.15) is 0 Å². The molecule has 3 aromatic carbocycles. The molecule has 0 radical (unpaired) electrons. The molecule has 4 heteroatoms. The maximum absolute atomic E-state index is 13.6. The Hall–Kier alpha value is -3.53. The molecule has 4 nitrogen and oxygen atoms in total. The van der Waals surface area contributed by atoms with Crippen molar-refractivity contribution in [2.24, 2.45) is 0 Å². The molecule has 1 heterocycles. The van der Waals surface area contributed by atoms with Crippen molar-refractivity contribution >= 4 is 17.5 Å². The average Bonchev–Trinajstić information content (AvgIpc) is 3.36. The molecule has 2 atom stereocenters. The first kappa shape index (κ1) is 18.8. The van der Waals surface area contributed by atoms with Crippen LogP contribution < -0.4 is 0 Å². The monoisotopic (exact) mass is 383 g/mol. The maximum atomic E-state index is 13.6. The molecule has 0 aliphatic carbocycles. The van der Waals surface area contributed by atoms with Gasteiger partial charge in [-0.05, 0) is 31.5 Å². The third-order valence-electron chi connectivity index (χ3n) is 5.84. The van der Waals surface area contributed by atoms with Crippen LogP contribution in [0.5, 0.6) is 0 Å². The first-order chi connectivity index (χ1) is 14.0. The minimum absolute atomic E-state index is 0.236. The fourth-order valence-corrected chi connectivity index (χ4v) is 4.47. The number of nitrogens with zero attached hydrogens (tertiary/aromatic N) is 1. The summed E-state index contributed by atoms with van der Waals surface area (Å²) in [7, 11) is 0. The second-order valence-corrected chi connectivity index (χ2v) is 7.41. The van der Waals surface area contributed by atoms with Gasteiger partial charge in [-0.1, -0.05) is 78.9 Å². The van der Waals surface area contributed by atoms with Crippen LogP contribution in [0.1, 0.15) is 40.1 Å². The highest BCUT2D eigenvalue weighted by Gasteiger charge is 2.81. The zero-order valence-electron chi connectivity index (χ0n) is 16.3. The van der Waals surface area contributed by atoms with Crippen LogP contribution in [0, 0.1) is 0 Å². The summed E-state index contributed by atoms with van der Waals surface area (Å²) >= 11 is 0. The van der Waals surface area contributed by atoms with Crippen LogP contribution in [0.15, 0.2) is 91.0 Å². The number of benzene rings is 3. The van der Waals surface area contributed by atoms with Crippen LogP contribution in [-0.2, 0) is 10.3 Å². The van der Waals surface area contributed by atoms with E-state index in [1.807, 2.05) is 30.3 Å². The molecule has 1 saturated heterocycles. The highest BCUT2D eigenvalue weighted by atomic mass is 16.2. The van der Waals surface area contributed by atoms with Gasteiger partial charge in [0.1, 0.15) is 5.54 Å². The minimum Gasteiger partial charge on any atom is -0.303 e. The molecule has 0 bridgehead atoms. The van der Waals surface area contributed by atoms with Crippen molar-refractivity contribution in [3.63, 3.8) is 0 Å². The fraction of sp³-hybridized carbons (Fsp3) is 0.160. The van der Waals surface area contributed by atoms with Crippen LogP contribution in [0.2, 0.25) is 0 Å². The van der Waals surface area contributed by atoms with Gasteiger partial charge in [0.15, 0.2) is 17.1 Å². The lowest BCUT2D eigenvalue weighted by atomic mass is 9.80. The summed E-state index contributed by atoms with van der Waals surface area (Å²) in [6, 6.07) is 26.7. The van der Waals surface area contributed by atoms with Crippen molar-refractivity contribution in [1.29, 1.82) is 0 Å². The zero-order valence-corrected chi connectivity index (χ0v) is 16.3. The molecule has 144 valence electrons. The van der Waals surface area contributed by atoms with E-state index in [4.69, 9.17) is 0 Å². The Labute approximate surface area is 169 Å². The quantitative estimate of drug-likeness (QED) is 0.488. The molecule has 0 saturated carbocycles. The van der Waals surface area contributed by atoms with E-state index < -0.39 is 11.1 Å². The van der Waals surface area contributed by atoms with Crippen LogP contribution in [0.4, 0.5) is 0 Å². The van der Waals surface area contributed by atoms with E-state index in [1.54, 1.807) is 67.6 Å². The molecule has 1 aliphatic rings. The molecule has 1 fully saturated rings. The maximum Gasteiger partial charge on any atom is 0.255 e. The lowest BCUT2D eigenvalue weighted by Crippen LogP contribution is -2.34. The van der Waals surface area contributed by atoms with E-state index in [0.29, 0.717) is 16.7 Å². The van der Waals surface area contributed by atoms with E-state index in [0.717, 1.165) is 0 Å². The van der Waals surface area contributed by atoms with E-state index >= 15 is 0 Å². The SMILES string of the molecule is CC(=O)[C@]1(c2ccccc2)N(C(=O)c2ccccc2)[C@]1(C)C(=O)c1ccccc1. The Morgan fingerprint density at radius 1 is 0.690 bits per heavy atom. The van der Waals surface area contributed by atoms with Crippen LogP contribution in [-0.4, -0.2) is 27.9 Å². The largest absolute Gasteiger partial charge is 0.303 e. The first-order valence-corrected chi connectivity index (χ1v) is 9.52. The number of rotatable bonds is 5. The molecule has 1 amide bonds. The summed E-state index contributed by atoms with van der Waals surface area (Å²) in [4.78, 5) is 41.6. The average molecular weight is 383 g/mol. The normalized spacial score (nSPS) is 22.8. The second kappa shape index (κ2) is 6.82. The Morgan fingerprint density at radius 3 is 1.62 bits per heavy atom.